The summed E-state index contributed by atoms with van der Waals surface area (Å²) in [4.78, 5) is 11.3. The van der Waals surface area contributed by atoms with Gasteiger partial charge in [0.05, 0.1) is 10.5 Å². The van der Waals surface area contributed by atoms with E-state index in [-0.39, 0.29) is 10.5 Å². The van der Waals surface area contributed by atoms with Gasteiger partial charge in [-0.05, 0) is 29.3 Å². The molecule has 0 aliphatic heterocycles. The van der Waals surface area contributed by atoms with Crippen LogP contribution in [0.2, 0.25) is 0 Å². The molecule has 108 valence electrons. The lowest BCUT2D eigenvalue weighted by molar-refractivity contribution is -0.130. The molecule has 5 nitrogen and oxygen atoms in total. The van der Waals surface area contributed by atoms with Gasteiger partial charge in [0.1, 0.15) is 0 Å². The van der Waals surface area contributed by atoms with Crippen molar-refractivity contribution in [1.29, 1.82) is 0 Å². The molecule has 0 spiro atoms. The van der Waals surface area contributed by atoms with Gasteiger partial charge in [-0.25, -0.2) is 18.4 Å². The summed E-state index contributed by atoms with van der Waals surface area (Å²) in [5.41, 5.74) is 1.27. The fourth-order valence-corrected chi connectivity index (χ4v) is 2.32. The van der Waals surface area contributed by atoms with Crippen molar-refractivity contribution in [2.24, 2.45) is 5.14 Å². The number of sulfonamides is 1. The monoisotopic (exact) mass is 303 g/mol. The van der Waals surface area contributed by atoms with Crippen LogP contribution in [0.5, 0.6) is 0 Å². The maximum atomic E-state index is 11.3. The van der Waals surface area contributed by atoms with Crippen LogP contribution in [-0.2, 0) is 14.8 Å². The van der Waals surface area contributed by atoms with Crippen molar-refractivity contribution in [3.63, 3.8) is 0 Å². The summed E-state index contributed by atoms with van der Waals surface area (Å²) in [7, 11) is -3.75. The number of carboxylic acid groups (broad SMARTS) is 1. The largest absolute Gasteiger partial charge is 0.478 e. The number of primary sulfonamides is 1. The molecule has 0 saturated heterocycles. The van der Waals surface area contributed by atoms with Gasteiger partial charge in [0, 0.05) is 0 Å². The quantitative estimate of drug-likeness (QED) is 0.666. The lowest BCUT2D eigenvalue weighted by Gasteiger charge is -2.04. The third-order valence-electron chi connectivity index (χ3n) is 2.83. The van der Waals surface area contributed by atoms with Crippen LogP contribution in [0.4, 0.5) is 0 Å². The van der Waals surface area contributed by atoms with Gasteiger partial charge in [0.15, 0.2) is 0 Å². The van der Waals surface area contributed by atoms with Crippen LogP contribution in [0.25, 0.3) is 11.6 Å². The third kappa shape index (κ3) is 3.77. The molecular formula is C15H13NO4S. The average molecular weight is 303 g/mol. The van der Waals surface area contributed by atoms with Crippen molar-refractivity contribution in [1.82, 2.24) is 0 Å². The van der Waals surface area contributed by atoms with Crippen LogP contribution in [0, 0.1) is 0 Å². The van der Waals surface area contributed by atoms with Crippen LogP contribution in [-0.4, -0.2) is 19.5 Å². The van der Waals surface area contributed by atoms with Gasteiger partial charge in [-0.3, -0.25) is 0 Å². The second-order valence-electron chi connectivity index (χ2n) is 4.34. The second-order valence-corrected chi connectivity index (χ2v) is 5.90. The molecule has 0 bridgehead atoms. The Hall–Kier alpha value is -2.44. The molecule has 3 N–H and O–H groups in total. The van der Waals surface area contributed by atoms with E-state index in [1.54, 1.807) is 30.3 Å². The van der Waals surface area contributed by atoms with Crippen LogP contribution >= 0.6 is 0 Å². The van der Waals surface area contributed by atoms with Gasteiger partial charge in [0.25, 0.3) is 0 Å². The summed E-state index contributed by atoms with van der Waals surface area (Å²) in [6.07, 6.45) is 1.48. The fraction of sp³-hybridized carbons (Fsp3) is 0. The molecule has 0 heterocycles. The van der Waals surface area contributed by atoms with Gasteiger partial charge in [-0.2, -0.15) is 0 Å². The highest BCUT2D eigenvalue weighted by Gasteiger charge is 2.11. The molecule has 2 aromatic carbocycles. The Labute approximate surface area is 122 Å². The summed E-state index contributed by atoms with van der Waals surface area (Å²) < 4.78 is 22.3. The summed E-state index contributed by atoms with van der Waals surface area (Å²) in [6.45, 7) is 0. The summed E-state index contributed by atoms with van der Waals surface area (Å²) >= 11 is 0. The van der Waals surface area contributed by atoms with E-state index in [1.165, 1.54) is 30.3 Å². The van der Waals surface area contributed by atoms with E-state index >= 15 is 0 Å². The van der Waals surface area contributed by atoms with Gasteiger partial charge in [-0.1, -0.05) is 42.5 Å². The van der Waals surface area contributed by atoms with Crippen molar-refractivity contribution >= 4 is 27.6 Å². The lowest BCUT2D eigenvalue weighted by Crippen LogP contribution is -2.11. The molecule has 2 aromatic rings. The van der Waals surface area contributed by atoms with E-state index in [4.69, 9.17) is 5.14 Å². The van der Waals surface area contributed by atoms with E-state index < -0.39 is 16.0 Å². The molecule has 21 heavy (non-hydrogen) atoms. The Kier molecular flexibility index (Phi) is 4.21. The maximum absolute atomic E-state index is 11.3. The molecule has 0 saturated carbocycles. The Morgan fingerprint density at radius 2 is 1.57 bits per heavy atom. The van der Waals surface area contributed by atoms with Crippen LogP contribution in [0.15, 0.2) is 59.5 Å². The van der Waals surface area contributed by atoms with Gasteiger partial charge >= 0.3 is 5.97 Å². The summed E-state index contributed by atoms with van der Waals surface area (Å²) in [5, 5.41) is 14.3. The van der Waals surface area contributed by atoms with E-state index in [0.717, 1.165) is 0 Å². The molecule has 0 aliphatic carbocycles. The SMILES string of the molecule is NS(=O)(=O)c1ccc(/C=C(/C(=O)O)c2ccccc2)cc1. The molecule has 0 aliphatic rings. The zero-order chi connectivity index (χ0) is 15.5. The number of rotatable bonds is 4. The molecule has 0 amide bonds. The highest BCUT2D eigenvalue weighted by atomic mass is 32.2. The average Bonchev–Trinajstić information content (AvgIpc) is 2.45. The first-order valence-corrected chi connectivity index (χ1v) is 7.56. The van der Waals surface area contributed by atoms with E-state index in [0.29, 0.717) is 11.1 Å². The van der Waals surface area contributed by atoms with Crippen LogP contribution in [0.1, 0.15) is 11.1 Å². The number of nitrogens with two attached hydrogens (primary N) is 1. The van der Waals surface area contributed by atoms with Crippen LogP contribution < -0.4 is 5.14 Å². The highest BCUT2D eigenvalue weighted by molar-refractivity contribution is 7.89. The van der Waals surface area contributed by atoms with Crippen molar-refractivity contribution in [3.05, 3.63) is 65.7 Å². The van der Waals surface area contributed by atoms with E-state index in [1.807, 2.05) is 0 Å². The Balaban J connectivity index is 2.42. The van der Waals surface area contributed by atoms with Gasteiger partial charge in [-0.15, -0.1) is 0 Å². The normalized spacial score (nSPS) is 12.1. The minimum Gasteiger partial charge on any atom is -0.478 e. The predicted octanol–water partition coefficient (Wildman–Crippen LogP) is 1.96. The second kappa shape index (κ2) is 5.90. The molecular weight excluding hydrogens is 290 g/mol. The maximum Gasteiger partial charge on any atom is 0.336 e. The molecule has 0 atom stereocenters. The number of aliphatic carboxylic acids is 1. The molecule has 0 aromatic heterocycles. The zero-order valence-electron chi connectivity index (χ0n) is 10.9. The van der Waals surface area contributed by atoms with Crippen molar-refractivity contribution in [2.45, 2.75) is 4.90 Å². The lowest BCUT2D eigenvalue weighted by atomic mass is 10.0. The van der Waals surface area contributed by atoms with Gasteiger partial charge < -0.3 is 5.11 Å². The smallest absolute Gasteiger partial charge is 0.336 e. The standard InChI is InChI=1S/C15H13NO4S/c16-21(19,20)13-8-6-11(7-9-13)10-14(15(17)18)12-4-2-1-3-5-12/h1-10H,(H,17,18)(H2,16,19,20)/b14-10+. The number of benzene rings is 2. The summed E-state index contributed by atoms with van der Waals surface area (Å²) in [6, 6.07) is 14.4. The topological polar surface area (TPSA) is 97.5 Å². The predicted molar refractivity (Wildman–Crippen MR) is 79.8 cm³/mol. The Morgan fingerprint density at radius 3 is 2.05 bits per heavy atom. The minimum absolute atomic E-state index is 0.0174. The van der Waals surface area contributed by atoms with Crippen LogP contribution in [0.3, 0.4) is 0 Å². The summed E-state index contributed by atoms with van der Waals surface area (Å²) in [5.74, 6) is -1.06. The minimum atomic E-state index is -3.75. The van der Waals surface area contributed by atoms with Gasteiger partial charge in [0.2, 0.25) is 10.0 Å². The molecule has 6 heteroatoms. The molecule has 0 unspecified atom stereocenters. The molecule has 0 fully saturated rings. The molecule has 2 rings (SSSR count). The molecule has 0 radical (unpaired) electrons. The number of carboxylic acids is 1. The van der Waals surface area contributed by atoms with E-state index in [9.17, 15) is 18.3 Å². The first kappa shape index (κ1) is 15.0. The van der Waals surface area contributed by atoms with Crippen molar-refractivity contribution in [3.8, 4) is 0 Å². The number of hydrogen-bond donors (Lipinski definition) is 2. The number of hydrogen-bond acceptors (Lipinski definition) is 3. The van der Waals surface area contributed by atoms with Crippen molar-refractivity contribution in [2.75, 3.05) is 0 Å². The Morgan fingerprint density at radius 1 is 1.00 bits per heavy atom. The zero-order valence-corrected chi connectivity index (χ0v) is 11.7. The van der Waals surface area contributed by atoms with E-state index in [2.05, 4.69) is 0 Å². The first-order chi connectivity index (χ1) is 9.88. The fourth-order valence-electron chi connectivity index (χ4n) is 1.81. The van der Waals surface area contributed by atoms with Crippen molar-refractivity contribution < 1.29 is 18.3 Å². The third-order valence-corrected chi connectivity index (χ3v) is 3.76. The first-order valence-electron chi connectivity index (χ1n) is 6.01. The number of carbonyl (C=O) groups is 1. The Bertz CT molecular complexity index is 778. The highest BCUT2D eigenvalue weighted by Crippen LogP contribution is 2.19.